The number of amides is 3. The summed E-state index contributed by atoms with van der Waals surface area (Å²) in [5, 5.41) is 5.35. The number of carbonyl (C=O) groups is 3. The van der Waals surface area contributed by atoms with Crippen molar-refractivity contribution in [2.45, 2.75) is 13.0 Å². The Bertz CT molecular complexity index is 1220. The molecule has 7 nitrogen and oxygen atoms in total. The van der Waals surface area contributed by atoms with E-state index in [0.717, 1.165) is 5.56 Å². The molecular weight excluding hydrogens is 517 g/mol. The highest BCUT2D eigenvalue weighted by Gasteiger charge is 2.35. The number of nitrogens with zero attached hydrogens (tertiary/aromatic N) is 1. The molecule has 1 aliphatic heterocycles. The average Bonchev–Trinajstić information content (AvgIpc) is 3.25. The SMILES string of the molecule is O=C(COc1ccc(N2C[C@@H](C(=O)NCc3ccccc3)CC2=O)cc1)Nc1ccc(Br)cc1F. The number of halogens is 2. The molecule has 3 amide bonds. The van der Waals surface area contributed by atoms with Gasteiger partial charge < -0.3 is 20.3 Å². The first kappa shape index (κ1) is 24.4. The van der Waals surface area contributed by atoms with Crippen LogP contribution in [0.5, 0.6) is 5.75 Å². The van der Waals surface area contributed by atoms with Crippen molar-refractivity contribution in [3.05, 3.63) is 88.6 Å². The van der Waals surface area contributed by atoms with Gasteiger partial charge in [-0.15, -0.1) is 0 Å². The van der Waals surface area contributed by atoms with E-state index < -0.39 is 17.6 Å². The predicted octanol–water partition coefficient (Wildman–Crippen LogP) is 4.28. The van der Waals surface area contributed by atoms with E-state index in [9.17, 15) is 18.8 Å². The zero-order valence-corrected chi connectivity index (χ0v) is 20.3. The van der Waals surface area contributed by atoms with Crippen LogP contribution in [-0.4, -0.2) is 30.9 Å². The van der Waals surface area contributed by atoms with E-state index in [1.54, 1.807) is 35.2 Å². The summed E-state index contributed by atoms with van der Waals surface area (Å²) in [6, 6.07) is 20.6. The van der Waals surface area contributed by atoms with Crippen molar-refractivity contribution >= 4 is 45.0 Å². The Morgan fingerprint density at radius 1 is 1.06 bits per heavy atom. The quantitative estimate of drug-likeness (QED) is 0.447. The number of hydrogen-bond donors (Lipinski definition) is 2. The molecule has 1 atom stereocenters. The van der Waals surface area contributed by atoms with E-state index in [1.165, 1.54) is 12.1 Å². The van der Waals surface area contributed by atoms with Crippen LogP contribution in [0.15, 0.2) is 77.3 Å². The molecule has 0 saturated carbocycles. The molecule has 1 heterocycles. The minimum atomic E-state index is -0.556. The Balaban J connectivity index is 1.27. The molecule has 3 aromatic carbocycles. The summed E-state index contributed by atoms with van der Waals surface area (Å²) in [4.78, 5) is 38.7. The fourth-order valence-electron chi connectivity index (χ4n) is 3.71. The van der Waals surface area contributed by atoms with Gasteiger partial charge >= 0.3 is 0 Å². The van der Waals surface area contributed by atoms with Crippen LogP contribution in [-0.2, 0) is 20.9 Å². The molecule has 1 aliphatic rings. The largest absolute Gasteiger partial charge is 0.484 e. The van der Waals surface area contributed by atoms with Crippen LogP contribution in [0.25, 0.3) is 0 Å². The van der Waals surface area contributed by atoms with Crippen molar-refractivity contribution < 1.29 is 23.5 Å². The summed E-state index contributed by atoms with van der Waals surface area (Å²) in [6.07, 6.45) is 0.145. The summed E-state index contributed by atoms with van der Waals surface area (Å²) >= 11 is 3.16. The fraction of sp³-hybridized carbons (Fsp3) is 0.192. The van der Waals surface area contributed by atoms with Crippen LogP contribution in [0.2, 0.25) is 0 Å². The molecule has 3 aromatic rings. The Kier molecular flexibility index (Phi) is 7.77. The van der Waals surface area contributed by atoms with Crippen LogP contribution in [0.4, 0.5) is 15.8 Å². The number of carbonyl (C=O) groups excluding carboxylic acids is 3. The van der Waals surface area contributed by atoms with E-state index in [2.05, 4.69) is 26.6 Å². The molecule has 9 heteroatoms. The van der Waals surface area contributed by atoms with Gasteiger partial charge in [-0.3, -0.25) is 14.4 Å². The molecule has 0 spiro atoms. The Hall–Kier alpha value is -3.72. The van der Waals surface area contributed by atoms with Crippen LogP contribution >= 0.6 is 15.9 Å². The molecule has 1 fully saturated rings. The number of ether oxygens (including phenoxy) is 1. The molecule has 0 bridgehead atoms. The summed E-state index contributed by atoms with van der Waals surface area (Å²) in [7, 11) is 0. The monoisotopic (exact) mass is 539 g/mol. The summed E-state index contributed by atoms with van der Waals surface area (Å²) in [5.74, 6) is -1.35. The lowest BCUT2D eigenvalue weighted by atomic mass is 10.1. The van der Waals surface area contributed by atoms with Gasteiger partial charge in [0.2, 0.25) is 11.8 Å². The minimum absolute atomic E-state index is 0.0621. The van der Waals surface area contributed by atoms with Gasteiger partial charge in [-0.05, 0) is 48.0 Å². The third-order valence-corrected chi connectivity index (χ3v) is 6.02. The van der Waals surface area contributed by atoms with Gasteiger partial charge in [-0.25, -0.2) is 4.39 Å². The molecule has 35 heavy (non-hydrogen) atoms. The van der Waals surface area contributed by atoms with E-state index in [-0.39, 0.29) is 30.5 Å². The van der Waals surface area contributed by atoms with Crippen molar-refractivity contribution in [1.82, 2.24) is 5.32 Å². The summed E-state index contributed by atoms with van der Waals surface area (Å²) in [6.45, 7) is 0.403. The fourth-order valence-corrected chi connectivity index (χ4v) is 4.04. The average molecular weight is 540 g/mol. The Morgan fingerprint density at radius 2 is 1.80 bits per heavy atom. The highest BCUT2D eigenvalue weighted by Crippen LogP contribution is 2.27. The number of anilines is 2. The first-order valence-corrected chi connectivity index (χ1v) is 11.8. The Labute approximate surface area is 210 Å². The van der Waals surface area contributed by atoms with Gasteiger partial charge in [0.25, 0.3) is 5.91 Å². The molecule has 0 unspecified atom stereocenters. The minimum Gasteiger partial charge on any atom is -0.484 e. The number of nitrogens with one attached hydrogen (secondary N) is 2. The molecule has 180 valence electrons. The predicted molar refractivity (Wildman–Crippen MR) is 133 cm³/mol. The number of benzene rings is 3. The maximum absolute atomic E-state index is 13.9. The zero-order chi connectivity index (χ0) is 24.8. The van der Waals surface area contributed by atoms with Gasteiger partial charge in [0.05, 0.1) is 11.6 Å². The van der Waals surface area contributed by atoms with Crippen LogP contribution in [0.3, 0.4) is 0 Å². The maximum Gasteiger partial charge on any atom is 0.262 e. The van der Waals surface area contributed by atoms with Crippen molar-refractivity contribution in [3.8, 4) is 5.75 Å². The standard InChI is InChI=1S/C26H23BrFN3O4/c27-19-6-11-23(22(28)13-19)30-24(32)16-35-21-9-7-20(8-10-21)31-15-18(12-25(31)33)26(34)29-14-17-4-2-1-3-5-17/h1-11,13,18H,12,14-16H2,(H,29,34)(H,30,32)/t18-/m0/s1. The summed E-state index contributed by atoms with van der Waals surface area (Å²) in [5.41, 5.74) is 1.70. The highest BCUT2D eigenvalue weighted by atomic mass is 79.9. The van der Waals surface area contributed by atoms with Gasteiger partial charge in [0.1, 0.15) is 11.6 Å². The van der Waals surface area contributed by atoms with E-state index in [0.29, 0.717) is 29.0 Å². The first-order valence-electron chi connectivity index (χ1n) is 11.0. The second-order valence-corrected chi connectivity index (χ2v) is 8.98. The third-order valence-electron chi connectivity index (χ3n) is 5.53. The van der Waals surface area contributed by atoms with Gasteiger partial charge in [-0.2, -0.15) is 0 Å². The Morgan fingerprint density at radius 3 is 2.51 bits per heavy atom. The molecule has 2 N–H and O–H groups in total. The molecule has 4 rings (SSSR count). The van der Waals surface area contributed by atoms with Gasteiger partial charge in [-0.1, -0.05) is 46.3 Å². The van der Waals surface area contributed by atoms with E-state index in [4.69, 9.17) is 4.74 Å². The van der Waals surface area contributed by atoms with Crippen LogP contribution < -0.4 is 20.3 Å². The van der Waals surface area contributed by atoms with E-state index in [1.807, 2.05) is 30.3 Å². The van der Waals surface area contributed by atoms with Crippen molar-refractivity contribution in [1.29, 1.82) is 0 Å². The molecule has 1 saturated heterocycles. The third kappa shape index (κ3) is 6.45. The van der Waals surface area contributed by atoms with Gasteiger partial charge in [0, 0.05) is 29.7 Å². The van der Waals surface area contributed by atoms with E-state index >= 15 is 0 Å². The second kappa shape index (κ2) is 11.1. The molecule has 0 aromatic heterocycles. The lowest BCUT2D eigenvalue weighted by Gasteiger charge is -2.17. The number of rotatable bonds is 8. The second-order valence-electron chi connectivity index (χ2n) is 8.06. The first-order chi connectivity index (χ1) is 16.9. The maximum atomic E-state index is 13.9. The smallest absolute Gasteiger partial charge is 0.262 e. The lowest BCUT2D eigenvalue weighted by Crippen LogP contribution is -2.32. The molecule has 0 aliphatic carbocycles. The summed E-state index contributed by atoms with van der Waals surface area (Å²) < 4.78 is 19.9. The van der Waals surface area contributed by atoms with Crippen molar-refractivity contribution in [3.63, 3.8) is 0 Å². The molecule has 0 radical (unpaired) electrons. The molecular formula is C26H23BrFN3O4. The van der Waals surface area contributed by atoms with Gasteiger partial charge in [0.15, 0.2) is 6.61 Å². The number of hydrogen-bond acceptors (Lipinski definition) is 4. The van der Waals surface area contributed by atoms with Crippen LogP contribution in [0.1, 0.15) is 12.0 Å². The lowest BCUT2D eigenvalue weighted by molar-refractivity contribution is -0.126. The normalized spacial score (nSPS) is 15.1. The van der Waals surface area contributed by atoms with Crippen molar-refractivity contribution in [2.75, 3.05) is 23.4 Å². The van der Waals surface area contributed by atoms with Crippen LogP contribution in [0, 0.1) is 11.7 Å². The van der Waals surface area contributed by atoms with Crippen molar-refractivity contribution in [2.24, 2.45) is 5.92 Å². The topological polar surface area (TPSA) is 87.7 Å². The zero-order valence-electron chi connectivity index (χ0n) is 18.7. The highest BCUT2D eigenvalue weighted by molar-refractivity contribution is 9.10.